The van der Waals surface area contributed by atoms with E-state index in [2.05, 4.69) is 30.7 Å². The minimum atomic E-state index is -0.238. The first-order valence-electron chi connectivity index (χ1n) is 5.53. The zero-order chi connectivity index (χ0) is 12.6. The molecule has 0 fully saturated rings. The maximum Gasteiger partial charge on any atom is 0.248 e. The fourth-order valence-corrected chi connectivity index (χ4v) is 1.05. The molecular weight excluding hydrogens is 200 g/mol. The molecule has 0 bridgehead atoms. The van der Waals surface area contributed by atoms with Crippen LogP contribution in [0.5, 0.6) is 0 Å². The van der Waals surface area contributed by atoms with Crippen molar-refractivity contribution in [2.45, 2.75) is 33.6 Å². The van der Waals surface area contributed by atoms with Gasteiger partial charge in [0.1, 0.15) is 5.82 Å². The molecule has 0 aliphatic heterocycles. The molecule has 1 N–H and O–H groups in total. The summed E-state index contributed by atoms with van der Waals surface area (Å²) in [5, 5.41) is 2.62. The van der Waals surface area contributed by atoms with Gasteiger partial charge in [-0.2, -0.15) is 0 Å². The minimum Gasteiger partial charge on any atom is -0.307 e. The van der Waals surface area contributed by atoms with Crippen molar-refractivity contribution in [1.29, 1.82) is 0 Å². The molecule has 0 unspecified atom stereocenters. The fourth-order valence-electron chi connectivity index (χ4n) is 1.05. The Kier molecular flexibility index (Phi) is 6.84. The van der Waals surface area contributed by atoms with Crippen LogP contribution in [0.4, 0.5) is 5.82 Å². The second kappa shape index (κ2) is 7.63. The molecule has 88 valence electrons. The summed E-state index contributed by atoms with van der Waals surface area (Å²) in [4.78, 5) is 15.0. The molecular formula is C13H20N2O. The van der Waals surface area contributed by atoms with E-state index in [9.17, 15) is 4.79 Å². The van der Waals surface area contributed by atoms with E-state index >= 15 is 0 Å². The van der Waals surface area contributed by atoms with E-state index in [0.29, 0.717) is 11.7 Å². The third-order valence-corrected chi connectivity index (χ3v) is 1.89. The van der Waals surface area contributed by atoms with E-state index in [-0.39, 0.29) is 5.91 Å². The largest absolute Gasteiger partial charge is 0.307 e. The van der Waals surface area contributed by atoms with Gasteiger partial charge in [-0.15, -0.1) is 0 Å². The van der Waals surface area contributed by atoms with Gasteiger partial charge in [-0.25, -0.2) is 4.98 Å². The van der Waals surface area contributed by atoms with Crippen LogP contribution in [0.3, 0.4) is 0 Å². The number of nitrogens with one attached hydrogen (secondary N) is 1. The molecule has 3 heteroatoms. The Hall–Kier alpha value is -1.64. The Morgan fingerprint density at radius 3 is 2.62 bits per heavy atom. The first-order valence-corrected chi connectivity index (χ1v) is 5.53. The standard InChI is InChI=1S/C11H14N2O.C2H6/c1-4-11(14)13-10-7-9(8(2)3)5-6-12-10;1-2/h4-8H,1H2,2-3H3,(H,12,13,14);1-2H3. The summed E-state index contributed by atoms with van der Waals surface area (Å²) in [5.41, 5.74) is 1.15. The number of carbonyl (C=O) groups is 1. The van der Waals surface area contributed by atoms with Gasteiger partial charge in [0, 0.05) is 6.20 Å². The van der Waals surface area contributed by atoms with Crippen molar-refractivity contribution in [3.63, 3.8) is 0 Å². The molecule has 1 aromatic rings. The molecule has 0 spiro atoms. The van der Waals surface area contributed by atoms with Crippen molar-refractivity contribution < 1.29 is 4.79 Å². The molecule has 0 aliphatic carbocycles. The molecule has 16 heavy (non-hydrogen) atoms. The van der Waals surface area contributed by atoms with Gasteiger partial charge in [-0.05, 0) is 29.7 Å². The molecule has 0 aromatic carbocycles. The van der Waals surface area contributed by atoms with Gasteiger partial charge in [-0.3, -0.25) is 4.79 Å². The molecule has 0 saturated carbocycles. The van der Waals surface area contributed by atoms with Crippen LogP contribution >= 0.6 is 0 Å². The smallest absolute Gasteiger partial charge is 0.248 e. The zero-order valence-electron chi connectivity index (χ0n) is 10.4. The van der Waals surface area contributed by atoms with E-state index in [0.717, 1.165) is 5.56 Å². The molecule has 0 radical (unpaired) electrons. The summed E-state index contributed by atoms with van der Waals surface area (Å²) in [6.45, 7) is 11.6. The van der Waals surface area contributed by atoms with Gasteiger partial charge in [0.05, 0.1) is 0 Å². The summed E-state index contributed by atoms with van der Waals surface area (Å²) in [6, 6.07) is 3.81. The topological polar surface area (TPSA) is 42.0 Å². The Bertz CT molecular complexity index is 346. The summed E-state index contributed by atoms with van der Waals surface area (Å²) in [5.74, 6) is 0.761. The maximum atomic E-state index is 11.0. The molecule has 1 heterocycles. The molecule has 0 saturated heterocycles. The minimum absolute atomic E-state index is 0.238. The van der Waals surface area contributed by atoms with Gasteiger partial charge in [0.2, 0.25) is 5.91 Å². The van der Waals surface area contributed by atoms with Gasteiger partial charge in [-0.1, -0.05) is 34.3 Å². The monoisotopic (exact) mass is 220 g/mol. The summed E-state index contributed by atoms with van der Waals surface area (Å²) in [7, 11) is 0. The highest BCUT2D eigenvalue weighted by molar-refractivity contribution is 5.98. The first kappa shape index (κ1) is 14.4. The quantitative estimate of drug-likeness (QED) is 0.794. The van der Waals surface area contributed by atoms with Crippen molar-refractivity contribution >= 4 is 11.7 Å². The number of rotatable bonds is 3. The predicted molar refractivity (Wildman–Crippen MR) is 68.5 cm³/mol. The van der Waals surface area contributed by atoms with E-state index in [1.54, 1.807) is 6.20 Å². The molecule has 1 aromatic heterocycles. The van der Waals surface area contributed by atoms with Crippen molar-refractivity contribution in [1.82, 2.24) is 4.98 Å². The number of hydrogen-bond donors (Lipinski definition) is 1. The normalized spacial score (nSPS) is 9.06. The van der Waals surface area contributed by atoms with Crippen molar-refractivity contribution in [3.05, 3.63) is 36.5 Å². The Balaban J connectivity index is 0.00000106. The number of aromatic nitrogens is 1. The Labute approximate surface area is 97.6 Å². The molecule has 0 atom stereocenters. The average Bonchev–Trinajstić information content (AvgIpc) is 2.32. The molecule has 1 amide bonds. The van der Waals surface area contributed by atoms with E-state index in [4.69, 9.17) is 0 Å². The summed E-state index contributed by atoms with van der Waals surface area (Å²) < 4.78 is 0. The number of anilines is 1. The van der Waals surface area contributed by atoms with Crippen LogP contribution in [0.15, 0.2) is 31.0 Å². The van der Waals surface area contributed by atoms with Crippen LogP contribution in [0.25, 0.3) is 0 Å². The molecule has 1 rings (SSSR count). The van der Waals surface area contributed by atoms with Crippen molar-refractivity contribution in [2.24, 2.45) is 0 Å². The third-order valence-electron chi connectivity index (χ3n) is 1.89. The number of carbonyl (C=O) groups excluding carboxylic acids is 1. The SMILES string of the molecule is C=CC(=O)Nc1cc(C(C)C)ccn1.CC. The van der Waals surface area contributed by atoms with Crippen LogP contribution in [0.2, 0.25) is 0 Å². The van der Waals surface area contributed by atoms with Crippen molar-refractivity contribution in [3.8, 4) is 0 Å². The highest BCUT2D eigenvalue weighted by Crippen LogP contribution is 2.16. The number of amides is 1. The highest BCUT2D eigenvalue weighted by Gasteiger charge is 2.02. The average molecular weight is 220 g/mol. The zero-order valence-corrected chi connectivity index (χ0v) is 10.4. The number of pyridine rings is 1. The van der Waals surface area contributed by atoms with E-state index in [1.165, 1.54) is 6.08 Å². The number of hydrogen-bond acceptors (Lipinski definition) is 2. The first-order chi connectivity index (χ1) is 7.63. The second-order valence-electron chi connectivity index (χ2n) is 3.32. The predicted octanol–water partition coefficient (Wildman–Crippen LogP) is 3.36. The summed E-state index contributed by atoms with van der Waals surface area (Å²) >= 11 is 0. The Morgan fingerprint density at radius 1 is 1.50 bits per heavy atom. The van der Waals surface area contributed by atoms with Crippen LogP contribution in [-0.2, 0) is 4.79 Å². The highest BCUT2D eigenvalue weighted by atomic mass is 16.1. The van der Waals surface area contributed by atoms with Gasteiger partial charge in [0.15, 0.2) is 0 Å². The fraction of sp³-hybridized carbons (Fsp3) is 0.385. The van der Waals surface area contributed by atoms with Crippen LogP contribution in [0, 0.1) is 0 Å². The maximum absolute atomic E-state index is 11.0. The van der Waals surface area contributed by atoms with Gasteiger partial charge >= 0.3 is 0 Å². The second-order valence-corrected chi connectivity index (χ2v) is 3.32. The van der Waals surface area contributed by atoms with Crippen LogP contribution in [-0.4, -0.2) is 10.9 Å². The lowest BCUT2D eigenvalue weighted by Crippen LogP contribution is -2.09. The van der Waals surface area contributed by atoms with E-state index in [1.807, 2.05) is 26.0 Å². The van der Waals surface area contributed by atoms with Crippen LogP contribution in [0.1, 0.15) is 39.2 Å². The molecule has 3 nitrogen and oxygen atoms in total. The lowest BCUT2D eigenvalue weighted by molar-refractivity contribution is -0.111. The lowest BCUT2D eigenvalue weighted by Gasteiger charge is -2.07. The van der Waals surface area contributed by atoms with Crippen LogP contribution < -0.4 is 5.32 Å². The van der Waals surface area contributed by atoms with Crippen molar-refractivity contribution in [2.75, 3.05) is 5.32 Å². The Morgan fingerprint density at radius 2 is 2.12 bits per heavy atom. The van der Waals surface area contributed by atoms with E-state index < -0.39 is 0 Å². The molecule has 0 aliphatic rings. The summed E-state index contributed by atoms with van der Waals surface area (Å²) in [6.07, 6.45) is 2.91. The van der Waals surface area contributed by atoms with Gasteiger partial charge in [0.25, 0.3) is 0 Å². The van der Waals surface area contributed by atoms with Gasteiger partial charge < -0.3 is 5.32 Å². The number of nitrogens with zero attached hydrogens (tertiary/aromatic N) is 1. The lowest BCUT2D eigenvalue weighted by atomic mass is 10.1. The third kappa shape index (κ3) is 4.73.